The largest absolute Gasteiger partial charge is 0.334 e. The second-order valence-corrected chi connectivity index (χ2v) is 3.98. The van der Waals surface area contributed by atoms with E-state index in [1.807, 2.05) is 6.07 Å². The quantitative estimate of drug-likeness (QED) is 0.710. The summed E-state index contributed by atoms with van der Waals surface area (Å²) in [6.07, 6.45) is 0.959. The van der Waals surface area contributed by atoms with Gasteiger partial charge in [0.1, 0.15) is 0 Å². The van der Waals surface area contributed by atoms with Crippen LogP contribution in [0.25, 0.3) is 0 Å². The summed E-state index contributed by atoms with van der Waals surface area (Å²) in [5.74, 6) is 0. The first-order valence-corrected chi connectivity index (χ1v) is 5.56. The normalized spacial score (nSPS) is 18.4. The molecule has 1 aromatic rings. The van der Waals surface area contributed by atoms with Gasteiger partial charge in [-0.15, -0.1) is 0 Å². The Morgan fingerprint density at radius 1 is 1.41 bits per heavy atom. The lowest BCUT2D eigenvalue weighted by atomic mass is 10.2. The van der Waals surface area contributed by atoms with Gasteiger partial charge in [-0.05, 0) is 37.2 Å². The van der Waals surface area contributed by atoms with Crippen molar-refractivity contribution in [3.8, 4) is 6.07 Å². The van der Waals surface area contributed by atoms with E-state index in [9.17, 15) is 4.79 Å². The van der Waals surface area contributed by atoms with Gasteiger partial charge in [0, 0.05) is 18.3 Å². The minimum atomic E-state index is -0.205. The summed E-state index contributed by atoms with van der Waals surface area (Å²) in [5.41, 5.74) is 1.27. The van der Waals surface area contributed by atoms with Crippen molar-refractivity contribution in [2.75, 3.05) is 18.4 Å². The first kappa shape index (κ1) is 11.4. The standard InChI is InChI=1S/C12H14N4O/c13-7-9-1-3-10(4-2-9)15-12(17)16-11-5-6-14-8-11/h1-4,11,14H,5-6,8H2,(H2,15,16,17)/t11-/m0/s1. The number of nitriles is 1. The van der Waals surface area contributed by atoms with Crippen molar-refractivity contribution >= 4 is 11.7 Å². The Balaban J connectivity index is 1.86. The number of anilines is 1. The number of urea groups is 1. The van der Waals surface area contributed by atoms with Crippen LogP contribution in [-0.2, 0) is 0 Å². The summed E-state index contributed by atoms with van der Waals surface area (Å²) in [7, 11) is 0. The SMILES string of the molecule is N#Cc1ccc(NC(=O)N[C@H]2CCNC2)cc1. The van der Waals surface area contributed by atoms with Crippen LogP contribution in [0.2, 0.25) is 0 Å². The molecular formula is C12H14N4O. The molecule has 1 atom stereocenters. The Morgan fingerprint density at radius 2 is 2.18 bits per heavy atom. The van der Waals surface area contributed by atoms with Crippen molar-refractivity contribution in [3.63, 3.8) is 0 Å². The number of benzene rings is 1. The zero-order valence-electron chi connectivity index (χ0n) is 9.36. The molecule has 2 amide bonds. The Bertz CT molecular complexity index is 429. The highest BCUT2D eigenvalue weighted by atomic mass is 16.2. The Hall–Kier alpha value is -2.06. The Morgan fingerprint density at radius 3 is 2.76 bits per heavy atom. The first-order valence-electron chi connectivity index (χ1n) is 5.56. The van der Waals surface area contributed by atoms with Crippen molar-refractivity contribution in [1.29, 1.82) is 5.26 Å². The smallest absolute Gasteiger partial charge is 0.319 e. The number of rotatable bonds is 2. The van der Waals surface area contributed by atoms with Crippen molar-refractivity contribution in [2.45, 2.75) is 12.5 Å². The summed E-state index contributed by atoms with van der Waals surface area (Å²) >= 11 is 0. The third-order valence-corrected chi connectivity index (χ3v) is 2.67. The van der Waals surface area contributed by atoms with Gasteiger partial charge in [-0.25, -0.2) is 4.79 Å². The summed E-state index contributed by atoms with van der Waals surface area (Å²) < 4.78 is 0. The summed E-state index contributed by atoms with van der Waals surface area (Å²) in [6.45, 7) is 1.77. The molecule has 5 heteroatoms. The molecule has 5 nitrogen and oxygen atoms in total. The minimum Gasteiger partial charge on any atom is -0.334 e. The lowest BCUT2D eigenvalue weighted by Crippen LogP contribution is -2.39. The number of nitrogens with zero attached hydrogens (tertiary/aromatic N) is 1. The van der Waals surface area contributed by atoms with Crippen LogP contribution in [0.5, 0.6) is 0 Å². The predicted octanol–water partition coefficient (Wildman–Crippen LogP) is 1.04. The van der Waals surface area contributed by atoms with Gasteiger partial charge in [-0.1, -0.05) is 0 Å². The van der Waals surface area contributed by atoms with E-state index in [0.29, 0.717) is 11.3 Å². The maximum absolute atomic E-state index is 11.6. The van der Waals surface area contributed by atoms with E-state index in [1.165, 1.54) is 0 Å². The van der Waals surface area contributed by atoms with Gasteiger partial charge in [-0.3, -0.25) is 0 Å². The molecule has 0 radical (unpaired) electrons. The van der Waals surface area contributed by atoms with Gasteiger partial charge in [0.15, 0.2) is 0 Å². The van der Waals surface area contributed by atoms with Crippen LogP contribution >= 0.6 is 0 Å². The fraction of sp³-hybridized carbons (Fsp3) is 0.333. The van der Waals surface area contributed by atoms with Gasteiger partial charge < -0.3 is 16.0 Å². The second kappa shape index (κ2) is 5.32. The topological polar surface area (TPSA) is 77.0 Å². The molecule has 0 aliphatic carbocycles. The fourth-order valence-electron chi connectivity index (χ4n) is 1.76. The molecular weight excluding hydrogens is 216 g/mol. The van der Waals surface area contributed by atoms with Gasteiger partial charge >= 0.3 is 6.03 Å². The lowest BCUT2D eigenvalue weighted by Gasteiger charge is -2.12. The van der Waals surface area contributed by atoms with Crippen LogP contribution in [0.4, 0.5) is 10.5 Å². The molecule has 2 rings (SSSR count). The van der Waals surface area contributed by atoms with Crippen LogP contribution < -0.4 is 16.0 Å². The number of hydrogen-bond donors (Lipinski definition) is 3. The molecule has 17 heavy (non-hydrogen) atoms. The highest BCUT2D eigenvalue weighted by Crippen LogP contribution is 2.08. The number of nitrogens with one attached hydrogen (secondary N) is 3. The predicted molar refractivity (Wildman–Crippen MR) is 64.6 cm³/mol. The molecule has 3 N–H and O–H groups in total. The highest BCUT2D eigenvalue weighted by Gasteiger charge is 2.16. The molecule has 1 aliphatic heterocycles. The van der Waals surface area contributed by atoms with Crippen LogP contribution in [0.1, 0.15) is 12.0 Å². The van der Waals surface area contributed by atoms with Crippen molar-refractivity contribution < 1.29 is 4.79 Å². The van der Waals surface area contributed by atoms with Gasteiger partial charge in [0.2, 0.25) is 0 Å². The van der Waals surface area contributed by atoms with E-state index in [2.05, 4.69) is 16.0 Å². The monoisotopic (exact) mass is 230 g/mol. The van der Waals surface area contributed by atoms with Gasteiger partial charge in [0.05, 0.1) is 11.6 Å². The van der Waals surface area contributed by atoms with Crippen LogP contribution in [0.3, 0.4) is 0 Å². The third-order valence-electron chi connectivity index (χ3n) is 2.67. The molecule has 88 valence electrons. The molecule has 0 bridgehead atoms. The first-order chi connectivity index (χ1) is 8.28. The van der Waals surface area contributed by atoms with Crippen molar-refractivity contribution in [3.05, 3.63) is 29.8 Å². The molecule has 1 fully saturated rings. The maximum Gasteiger partial charge on any atom is 0.319 e. The molecule has 1 heterocycles. The summed E-state index contributed by atoms with van der Waals surface area (Å²) in [5, 5.41) is 17.4. The van der Waals surface area contributed by atoms with Crippen LogP contribution in [0.15, 0.2) is 24.3 Å². The zero-order valence-corrected chi connectivity index (χ0v) is 9.36. The number of carbonyl (C=O) groups excluding carboxylic acids is 1. The minimum absolute atomic E-state index is 0.202. The van der Waals surface area contributed by atoms with E-state index in [-0.39, 0.29) is 12.1 Å². The average Bonchev–Trinajstić information content (AvgIpc) is 2.82. The average molecular weight is 230 g/mol. The Labute approximate surface area is 99.8 Å². The van der Waals surface area contributed by atoms with Gasteiger partial charge in [-0.2, -0.15) is 5.26 Å². The molecule has 0 unspecified atom stereocenters. The van der Waals surface area contributed by atoms with E-state index in [1.54, 1.807) is 24.3 Å². The van der Waals surface area contributed by atoms with Crippen molar-refractivity contribution in [2.24, 2.45) is 0 Å². The lowest BCUT2D eigenvalue weighted by molar-refractivity contribution is 0.249. The number of amides is 2. The van der Waals surface area contributed by atoms with E-state index < -0.39 is 0 Å². The summed E-state index contributed by atoms with van der Waals surface area (Å²) in [4.78, 5) is 11.6. The van der Waals surface area contributed by atoms with E-state index in [0.717, 1.165) is 19.5 Å². The molecule has 0 saturated carbocycles. The molecule has 1 aliphatic rings. The molecule has 0 spiro atoms. The van der Waals surface area contributed by atoms with E-state index >= 15 is 0 Å². The van der Waals surface area contributed by atoms with E-state index in [4.69, 9.17) is 5.26 Å². The molecule has 0 aromatic heterocycles. The second-order valence-electron chi connectivity index (χ2n) is 3.98. The third kappa shape index (κ3) is 3.20. The zero-order chi connectivity index (χ0) is 12.1. The van der Waals surface area contributed by atoms with Crippen molar-refractivity contribution in [1.82, 2.24) is 10.6 Å². The molecule has 1 saturated heterocycles. The molecule has 1 aromatic carbocycles. The Kier molecular flexibility index (Phi) is 3.58. The maximum atomic E-state index is 11.6. The fourth-order valence-corrected chi connectivity index (χ4v) is 1.76. The summed E-state index contributed by atoms with van der Waals surface area (Å²) in [6, 6.07) is 8.80. The van der Waals surface area contributed by atoms with Crippen LogP contribution in [0, 0.1) is 11.3 Å². The highest BCUT2D eigenvalue weighted by molar-refractivity contribution is 5.89. The van der Waals surface area contributed by atoms with Gasteiger partial charge in [0.25, 0.3) is 0 Å². The van der Waals surface area contributed by atoms with Crippen LogP contribution in [-0.4, -0.2) is 25.2 Å². The number of carbonyl (C=O) groups is 1. The number of hydrogen-bond acceptors (Lipinski definition) is 3.